The Morgan fingerprint density at radius 1 is 1.11 bits per heavy atom. The van der Waals surface area contributed by atoms with Crippen LogP contribution in [0.5, 0.6) is 0 Å². The van der Waals surface area contributed by atoms with Crippen molar-refractivity contribution in [2.45, 2.75) is 57.8 Å². The summed E-state index contributed by atoms with van der Waals surface area (Å²) in [5.41, 5.74) is 0.856. The van der Waals surface area contributed by atoms with Crippen LogP contribution in [-0.4, -0.2) is 29.7 Å². The lowest BCUT2D eigenvalue weighted by atomic mass is 9.95. The van der Waals surface area contributed by atoms with Gasteiger partial charge >= 0.3 is 11.9 Å². The van der Waals surface area contributed by atoms with E-state index in [1.54, 1.807) is 24.3 Å². The third-order valence-electron chi connectivity index (χ3n) is 4.57. The molecule has 144 valence electrons. The molecule has 0 radical (unpaired) electrons. The third-order valence-corrected chi connectivity index (χ3v) is 4.57. The fourth-order valence-corrected chi connectivity index (χ4v) is 3.20. The van der Waals surface area contributed by atoms with Gasteiger partial charge in [-0.05, 0) is 31.0 Å². The van der Waals surface area contributed by atoms with Crippen molar-refractivity contribution in [1.29, 1.82) is 0 Å². The minimum Gasteiger partial charge on any atom is -0.419 e. The van der Waals surface area contributed by atoms with Gasteiger partial charge in [-0.1, -0.05) is 25.3 Å². The van der Waals surface area contributed by atoms with Gasteiger partial charge in [-0.15, -0.1) is 0 Å². The van der Waals surface area contributed by atoms with Crippen LogP contribution in [0.25, 0.3) is 0 Å². The molecule has 1 amide bonds. The van der Waals surface area contributed by atoms with Crippen LogP contribution in [0.1, 0.15) is 56.3 Å². The van der Waals surface area contributed by atoms with Crippen molar-refractivity contribution in [2.24, 2.45) is 0 Å². The fraction of sp³-hybridized carbons (Fsp3) is 0.450. The highest BCUT2D eigenvalue weighted by atomic mass is 16.7. The Hall–Kier alpha value is -2.83. The molecule has 27 heavy (non-hydrogen) atoms. The summed E-state index contributed by atoms with van der Waals surface area (Å²) in [6, 6.07) is 7.08. The van der Waals surface area contributed by atoms with Gasteiger partial charge in [0.1, 0.15) is 0 Å². The first kappa shape index (κ1) is 18.9. The first-order valence-corrected chi connectivity index (χ1v) is 9.18. The molecule has 2 aliphatic rings. The zero-order chi connectivity index (χ0) is 19.4. The van der Waals surface area contributed by atoms with Crippen molar-refractivity contribution in [3.8, 4) is 0 Å². The summed E-state index contributed by atoms with van der Waals surface area (Å²) in [6.45, 7) is 2.98. The summed E-state index contributed by atoms with van der Waals surface area (Å²) in [5.74, 6) is -2.91. The van der Waals surface area contributed by atoms with E-state index in [0.29, 0.717) is 11.3 Å². The number of carbonyl (C=O) groups is 3. The maximum atomic E-state index is 12.4. The summed E-state index contributed by atoms with van der Waals surface area (Å²) in [5, 5.41) is 5.92. The molecule has 3 rings (SSSR count). The third kappa shape index (κ3) is 4.87. The number of cyclic esters (lactones) is 2. The maximum Gasteiger partial charge on any atom is 0.350 e. The van der Waals surface area contributed by atoms with Gasteiger partial charge in [0.25, 0.3) is 11.7 Å². The van der Waals surface area contributed by atoms with Gasteiger partial charge in [-0.25, -0.2) is 9.59 Å². The molecule has 1 aromatic rings. The van der Waals surface area contributed by atoms with Crippen LogP contribution >= 0.6 is 0 Å². The Bertz CT molecular complexity index is 756. The largest absolute Gasteiger partial charge is 0.419 e. The van der Waals surface area contributed by atoms with Crippen LogP contribution in [0.2, 0.25) is 0 Å². The Kier molecular flexibility index (Phi) is 5.48. The second-order valence-electron chi connectivity index (χ2n) is 7.27. The average molecular weight is 372 g/mol. The van der Waals surface area contributed by atoms with Gasteiger partial charge in [0.05, 0.1) is 0 Å². The molecule has 0 aromatic heterocycles. The van der Waals surface area contributed by atoms with Crippen LogP contribution in [0.4, 0.5) is 5.69 Å². The van der Waals surface area contributed by atoms with Crippen molar-refractivity contribution in [2.75, 3.05) is 5.32 Å². The number of carbonyl (C=O) groups excluding carboxylic acids is 3. The van der Waals surface area contributed by atoms with Crippen molar-refractivity contribution in [3.63, 3.8) is 0 Å². The van der Waals surface area contributed by atoms with E-state index in [9.17, 15) is 14.4 Å². The maximum absolute atomic E-state index is 12.4. The zero-order valence-corrected chi connectivity index (χ0v) is 15.5. The number of hydrogen-bond acceptors (Lipinski definition) is 6. The van der Waals surface area contributed by atoms with Crippen LogP contribution in [-0.2, 0) is 19.1 Å². The molecule has 0 bridgehead atoms. The van der Waals surface area contributed by atoms with Gasteiger partial charge < -0.3 is 20.1 Å². The molecule has 0 spiro atoms. The van der Waals surface area contributed by atoms with Crippen LogP contribution < -0.4 is 10.6 Å². The Balaban J connectivity index is 1.66. The number of rotatable bonds is 4. The number of anilines is 1. The van der Waals surface area contributed by atoms with E-state index >= 15 is 0 Å². The smallest absolute Gasteiger partial charge is 0.350 e. The number of nitrogens with one attached hydrogen (secondary N) is 2. The van der Waals surface area contributed by atoms with E-state index < -0.39 is 17.7 Å². The lowest BCUT2D eigenvalue weighted by molar-refractivity contribution is -0.222. The number of amides is 1. The summed E-state index contributed by atoms with van der Waals surface area (Å²) >= 11 is 0. The first-order valence-electron chi connectivity index (χ1n) is 9.18. The van der Waals surface area contributed by atoms with Gasteiger partial charge in [-0.3, -0.25) is 4.79 Å². The highest BCUT2D eigenvalue weighted by molar-refractivity contribution is 6.15. The number of ether oxygens (including phenoxy) is 2. The van der Waals surface area contributed by atoms with E-state index in [4.69, 9.17) is 9.47 Å². The summed E-state index contributed by atoms with van der Waals surface area (Å²) in [7, 11) is 0. The van der Waals surface area contributed by atoms with E-state index in [2.05, 4.69) is 10.6 Å². The minimum atomic E-state index is -1.28. The molecule has 0 atom stereocenters. The standard InChI is InChI=1S/C20H24N2O5/c1-20(2)26-18(24)16(19(25)27-20)12-21-15-10-6-7-13(11-15)17(23)22-14-8-4-3-5-9-14/h6-7,10-12,14,21H,3-5,8-9H2,1-2H3,(H,22,23). The van der Waals surface area contributed by atoms with Crippen molar-refractivity contribution in [3.05, 3.63) is 41.6 Å². The molecule has 1 aliphatic heterocycles. The highest BCUT2D eigenvalue weighted by Gasteiger charge is 2.38. The Morgan fingerprint density at radius 3 is 2.44 bits per heavy atom. The lowest BCUT2D eigenvalue weighted by Crippen LogP contribution is -2.42. The van der Waals surface area contributed by atoms with E-state index in [0.717, 1.165) is 25.7 Å². The van der Waals surface area contributed by atoms with E-state index in [1.807, 2.05) is 0 Å². The van der Waals surface area contributed by atoms with Crippen LogP contribution in [0.3, 0.4) is 0 Å². The average Bonchev–Trinajstić information content (AvgIpc) is 2.61. The molecule has 0 unspecified atom stereocenters. The van der Waals surface area contributed by atoms with Gasteiger partial charge in [-0.2, -0.15) is 0 Å². The predicted octanol–water partition coefficient (Wildman–Crippen LogP) is 2.88. The van der Waals surface area contributed by atoms with Gasteiger partial charge in [0, 0.05) is 37.3 Å². The molecule has 1 aliphatic carbocycles. The molecular formula is C20H24N2O5. The van der Waals surface area contributed by atoms with Crippen molar-refractivity contribution < 1.29 is 23.9 Å². The van der Waals surface area contributed by atoms with Crippen molar-refractivity contribution in [1.82, 2.24) is 5.32 Å². The second kappa shape index (κ2) is 7.82. The minimum absolute atomic E-state index is 0.128. The van der Waals surface area contributed by atoms with E-state index in [1.165, 1.54) is 26.5 Å². The summed E-state index contributed by atoms with van der Waals surface area (Å²) in [6.07, 6.45) is 6.76. The molecular weight excluding hydrogens is 348 g/mol. The molecule has 1 heterocycles. The number of hydrogen-bond donors (Lipinski definition) is 2. The van der Waals surface area contributed by atoms with Gasteiger partial charge in [0.15, 0.2) is 5.57 Å². The highest BCUT2D eigenvalue weighted by Crippen LogP contribution is 2.23. The van der Waals surface area contributed by atoms with Gasteiger partial charge in [0.2, 0.25) is 0 Å². The fourth-order valence-electron chi connectivity index (χ4n) is 3.20. The van der Waals surface area contributed by atoms with Crippen molar-refractivity contribution >= 4 is 23.5 Å². The SMILES string of the molecule is CC1(C)OC(=O)C(=CNc2cccc(C(=O)NC3CCCCC3)c2)C(=O)O1. The number of esters is 2. The van der Waals surface area contributed by atoms with Crippen LogP contribution in [0, 0.1) is 0 Å². The summed E-state index contributed by atoms with van der Waals surface area (Å²) < 4.78 is 10.1. The molecule has 2 N–H and O–H groups in total. The quantitative estimate of drug-likeness (QED) is 0.480. The molecule has 1 aromatic carbocycles. The van der Waals surface area contributed by atoms with Crippen LogP contribution in [0.15, 0.2) is 36.0 Å². The first-order chi connectivity index (χ1) is 12.8. The normalized spacial score (nSPS) is 19.7. The second-order valence-corrected chi connectivity index (χ2v) is 7.27. The topological polar surface area (TPSA) is 93.7 Å². The molecule has 2 fully saturated rings. The molecule has 1 saturated carbocycles. The predicted molar refractivity (Wildman–Crippen MR) is 98.7 cm³/mol. The van der Waals surface area contributed by atoms with E-state index in [-0.39, 0.29) is 17.5 Å². The monoisotopic (exact) mass is 372 g/mol. The molecule has 7 nitrogen and oxygen atoms in total. The Labute approximate surface area is 158 Å². The number of benzene rings is 1. The Morgan fingerprint density at radius 2 is 1.78 bits per heavy atom. The summed E-state index contributed by atoms with van der Waals surface area (Å²) in [4.78, 5) is 36.3. The molecule has 1 saturated heterocycles. The zero-order valence-electron chi connectivity index (χ0n) is 15.5. The lowest BCUT2D eigenvalue weighted by Gasteiger charge is -2.29. The molecule has 7 heteroatoms.